The van der Waals surface area contributed by atoms with Crippen molar-refractivity contribution in [1.29, 1.82) is 0 Å². The van der Waals surface area contributed by atoms with Crippen LogP contribution >= 0.6 is 0 Å². The normalized spacial score (nSPS) is 21.7. The average molecular weight is 377 g/mol. The molecule has 0 radical (unpaired) electrons. The van der Waals surface area contributed by atoms with Crippen LogP contribution in [0, 0.1) is 5.92 Å². The molecule has 1 N–H and O–H groups in total. The van der Waals surface area contributed by atoms with Crippen molar-refractivity contribution in [3.05, 3.63) is 0 Å². The molecule has 0 saturated carbocycles. The van der Waals surface area contributed by atoms with Crippen LogP contribution in [-0.4, -0.2) is 91.4 Å². The van der Waals surface area contributed by atoms with E-state index in [0.29, 0.717) is 36.2 Å². The highest BCUT2D eigenvalue weighted by molar-refractivity contribution is 5.74. The Bertz CT molecular complexity index is 734. The zero-order valence-electron chi connectivity index (χ0n) is 15.8. The first-order valence-corrected chi connectivity index (χ1v) is 9.61. The van der Waals surface area contributed by atoms with E-state index in [-0.39, 0.29) is 0 Å². The van der Waals surface area contributed by atoms with Gasteiger partial charge in [0.2, 0.25) is 11.3 Å². The lowest BCUT2D eigenvalue weighted by Gasteiger charge is -2.37. The number of nitrogens with zero attached hydrogens (tertiary/aromatic N) is 6. The lowest BCUT2D eigenvalue weighted by atomic mass is 9.97. The summed E-state index contributed by atoms with van der Waals surface area (Å²) in [6.07, 6.45) is 2.38. The third-order valence-corrected chi connectivity index (χ3v) is 5.13. The van der Waals surface area contributed by atoms with Gasteiger partial charge in [-0.15, -0.1) is 0 Å². The first kappa shape index (κ1) is 18.3. The van der Waals surface area contributed by atoms with Crippen LogP contribution in [-0.2, 0) is 9.47 Å². The van der Waals surface area contributed by atoms with Gasteiger partial charge in [0.05, 0.1) is 19.8 Å². The smallest absolute Gasteiger partial charge is 0.245 e. The lowest BCUT2D eigenvalue weighted by molar-refractivity contribution is 0.0296. The van der Waals surface area contributed by atoms with E-state index in [1.165, 1.54) is 6.42 Å². The van der Waals surface area contributed by atoms with Gasteiger partial charge < -0.3 is 19.7 Å². The van der Waals surface area contributed by atoms with Crippen LogP contribution in [0.4, 0.5) is 11.6 Å². The molecule has 0 amide bonds. The molecule has 2 saturated heterocycles. The maximum absolute atomic E-state index is 5.46. The number of ether oxygens (including phenoxy) is 2. The van der Waals surface area contributed by atoms with Gasteiger partial charge in [0.25, 0.3) is 0 Å². The molecular weight excluding hydrogens is 350 g/mol. The number of nitrogens with one attached hydrogen (secondary N) is 1. The molecular formula is C17H27N7O3. The van der Waals surface area contributed by atoms with Gasteiger partial charge in [-0.25, -0.2) is 14.6 Å². The number of piperidine rings is 1. The van der Waals surface area contributed by atoms with Crippen LogP contribution in [0.1, 0.15) is 12.8 Å². The Balaban J connectivity index is 1.49. The van der Waals surface area contributed by atoms with E-state index in [2.05, 4.69) is 35.4 Å². The first-order valence-electron chi connectivity index (χ1n) is 9.61. The fraction of sp³-hybridized carbons (Fsp3) is 0.765. The summed E-state index contributed by atoms with van der Waals surface area (Å²) in [6, 6.07) is 0. The number of methoxy groups -OCH3 is 1. The molecule has 2 aliphatic heterocycles. The fourth-order valence-corrected chi connectivity index (χ4v) is 3.80. The van der Waals surface area contributed by atoms with Crippen LogP contribution in [0.25, 0.3) is 11.3 Å². The number of aromatic nitrogens is 4. The number of hydrogen-bond acceptors (Lipinski definition) is 10. The molecule has 0 bridgehead atoms. The van der Waals surface area contributed by atoms with Crippen molar-refractivity contribution >= 4 is 22.9 Å². The second kappa shape index (κ2) is 8.77. The van der Waals surface area contributed by atoms with Gasteiger partial charge in [-0.1, -0.05) is 0 Å². The zero-order valence-corrected chi connectivity index (χ0v) is 15.8. The van der Waals surface area contributed by atoms with Crippen molar-refractivity contribution in [2.75, 3.05) is 76.4 Å². The summed E-state index contributed by atoms with van der Waals surface area (Å²) in [5, 5.41) is 11.0. The summed E-state index contributed by atoms with van der Waals surface area (Å²) in [7, 11) is 1.68. The van der Waals surface area contributed by atoms with Gasteiger partial charge >= 0.3 is 0 Å². The lowest BCUT2D eigenvalue weighted by Crippen LogP contribution is -2.45. The Morgan fingerprint density at radius 1 is 1.15 bits per heavy atom. The Morgan fingerprint density at radius 2 is 1.96 bits per heavy atom. The van der Waals surface area contributed by atoms with E-state index in [4.69, 9.17) is 14.1 Å². The number of rotatable bonds is 7. The summed E-state index contributed by atoms with van der Waals surface area (Å²) in [5.74, 6) is 2.14. The third kappa shape index (κ3) is 4.45. The van der Waals surface area contributed by atoms with E-state index in [1.54, 1.807) is 7.11 Å². The summed E-state index contributed by atoms with van der Waals surface area (Å²) in [4.78, 5) is 14.1. The van der Waals surface area contributed by atoms with E-state index in [0.717, 1.165) is 58.2 Å². The van der Waals surface area contributed by atoms with Crippen molar-refractivity contribution in [3.8, 4) is 0 Å². The van der Waals surface area contributed by atoms with E-state index < -0.39 is 0 Å². The molecule has 4 rings (SSSR count). The molecule has 0 aromatic carbocycles. The minimum atomic E-state index is 0.417. The first-order chi connectivity index (χ1) is 13.3. The highest BCUT2D eigenvalue weighted by Crippen LogP contribution is 2.28. The predicted octanol–water partition coefficient (Wildman–Crippen LogP) is 0.620. The largest absolute Gasteiger partial charge is 0.383 e. The van der Waals surface area contributed by atoms with Crippen LogP contribution in [0.2, 0.25) is 0 Å². The standard InChI is InChI=1S/C17H27N7O3/c1-25-8-4-18-16-17(20-15-14(19-16)21-27-22-15)24-5-2-3-13(12-24)11-23-6-9-26-10-7-23/h13H,2-12H2,1H3,(H,18,19,21). The SMILES string of the molecule is COCCNc1nc2nonc2nc1N1CCCC(CN2CCOCC2)C1. The second-order valence-corrected chi connectivity index (χ2v) is 7.09. The molecule has 0 aliphatic carbocycles. The second-order valence-electron chi connectivity index (χ2n) is 7.09. The highest BCUT2D eigenvalue weighted by Gasteiger charge is 2.26. The van der Waals surface area contributed by atoms with Crippen LogP contribution < -0.4 is 10.2 Å². The third-order valence-electron chi connectivity index (χ3n) is 5.13. The Morgan fingerprint density at radius 3 is 2.78 bits per heavy atom. The molecule has 10 nitrogen and oxygen atoms in total. The van der Waals surface area contributed by atoms with E-state index in [9.17, 15) is 0 Å². The van der Waals surface area contributed by atoms with Crippen LogP contribution in [0.5, 0.6) is 0 Å². The molecule has 10 heteroatoms. The monoisotopic (exact) mass is 377 g/mol. The molecule has 1 unspecified atom stereocenters. The minimum absolute atomic E-state index is 0.417. The van der Waals surface area contributed by atoms with Crippen molar-refractivity contribution in [2.45, 2.75) is 12.8 Å². The molecule has 2 aromatic rings. The van der Waals surface area contributed by atoms with Gasteiger partial charge in [-0.05, 0) is 29.1 Å². The zero-order chi connectivity index (χ0) is 18.5. The van der Waals surface area contributed by atoms with Crippen molar-refractivity contribution in [3.63, 3.8) is 0 Å². The molecule has 2 fully saturated rings. The summed E-state index contributed by atoms with van der Waals surface area (Å²) < 4.78 is 15.4. The molecule has 4 heterocycles. The minimum Gasteiger partial charge on any atom is -0.383 e. The molecule has 27 heavy (non-hydrogen) atoms. The van der Waals surface area contributed by atoms with Gasteiger partial charge in [0.15, 0.2) is 11.6 Å². The molecule has 1 atom stereocenters. The maximum Gasteiger partial charge on any atom is 0.245 e. The summed E-state index contributed by atoms with van der Waals surface area (Å²) >= 11 is 0. The Hall–Kier alpha value is -2.04. The molecule has 148 valence electrons. The highest BCUT2D eigenvalue weighted by atomic mass is 16.6. The van der Waals surface area contributed by atoms with Gasteiger partial charge in [-0.3, -0.25) is 4.90 Å². The van der Waals surface area contributed by atoms with Crippen LogP contribution in [0.3, 0.4) is 0 Å². The fourth-order valence-electron chi connectivity index (χ4n) is 3.80. The van der Waals surface area contributed by atoms with Gasteiger partial charge in [-0.2, -0.15) is 0 Å². The quantitative estimate of drug-likeness (QED) is 0.691. The molecule has 2 aromatic heterocycles. The number of morpholine rings is 1. The Labute approximate surface area is 158 Å². The molecule has 2 aliphatic rings. The predicted molar refractivity (Wildman–Crippen MR) is 100.0 cm³/mol. The average Bonchev–Trinajstić information content (AvgIpc) is 3.16. The van der Waals surface area contributed by atoms with Gasteiger partial charge in [0.1, 0.15) is 0 Å². The van der Waals surface area contributed by atoms with Crippen molar-refractivity contribution in [1.82, 2.24) is 25.2 Å². The topological polar surface area (TPSA) is 102 Å². The number of anilines is 2. The summed E-state index contributed by atoms with van der Waals surface area (Å²) in [6.45, 7) is 8.00. The maximum atomic E-state index is 5.46. The van der Waals surface area contributed by atoms with Crippen molar-refractivity contribution < 1.29 is 14.1 Å². The molecule has 0 spiro atoms. The summed E-state index contributed by atoms with van der Waals surface area (Å²) in [5.41, 5.74) is 0.859. The van der Waals surface area contributed by atoms with Crippen molar-refractivity contribution in [2.24, 2.45) is 5.92 Å². The van der Waals surface area contributed by atoms with E-state index >= 15 is 0 Å². The van der Waals surface area contributed by atoms with Crippen LogP contribution in [0.15, 0.2) is 4.63 Å². The van der Waals surface area contributed by atoms with E-state index in [1.807, 2.05) is 0 Å². The van der Waals surface area contributed by atoms with Gasteiger partial charge in [0, 0.05) is 46.4 Å². The number of fused-ring (bicyclic) bond motifs is 1. The number of hydrogen-bond donors (Lipinski definition) is 1. The Kier molecular flexibility index (Phi) is 5.95.